The van der Waals surface area contributed by atoms with Gasteiger partial charge in [-0.15, -0.1) is 11.8 Å². The largest absolute Gasteiger partial charge is 0.465 e. The SMILES string of the molecule is O=C(O)NCCSc1ccnc2c1CCc1cc(Cl)ccc1C2=C1CCNCC1. The zero-order valence-corrected chi connectivity index (χ0v) is 17.7. The Morgan fingerprint density at radius 1 is 1.21 bits per heavy atom. The molecule has 1 amide bonds. The highest BCUT2D eigenvalue weighted by Crippen LogP contribution is 2.40. The summed E-state index contributed by atoms with van der Waals surface area (Å²) >= 11 is 8.01. The fraction of sp³-hybridized carbons (Fsp3) is 0.364. The van der Waals surface area contributed by atoms with Crippen LogP contribution in [0, 0.1) is 0 Å². The zero-order chi connectivity index (χ0) is 20.2. The lowest BCUT2D eigenvalue weighted by atomic mass is 9.89. The van der Waals surface area contributed by atoms with E-state index in [2.05, 4.69) is 28.8 Å². The highest BCUT2D eigenvalue weighted by atomic mass is 35.5. The molecule has 5 nitrogen and oxygen atoms in total. The van der Waals surface area contributed by atoms with Crippen molar-refractivity contribution in [3.05, 3.63) is 63.4 Å². The number of carbonyl (C=O) groups is 1. The Bertz CT molecular complexity index is 953. The third-order valence-electron chi connectivity index (χ3n) is 5.43. The van der Waals surface area contributed by atoms with Gasteiger partial charge >= 0.3 is 6.09 Å². The first kappa shape index (κ1) is 20.3. The number of nitrogens with zero attached hydrogens (tertiary/aromatic N) is 1. The molecule has 2 heterocycles. The smallest absolute Gasteiger partial charge is 0.404 e. The standard InChI is InChI=1S/C22H24ClN3O2S/c23-16-2-4-17-15(13-16)1-3-18-19(29-12-11-26-22(27)28)7-10-25-21(18)20(17)14-5-8-24-9-6-14/h2,4,7,10,13,24,26H,1,3,5-6,8-9,11-12H2,(H,27,28). The first-order valence-corrected chi connectivity index (χ1v) is 11.3. The van der Waals surface area contributed by atoms with Crippen LogP contribution in [0.3, 0.4) is 0 Å². The molecular formula is C22H24ClN3O2S. The lowest BCUT2D eigenvalue weighted by Gasteiger charge is -2.22. The summed E-state index contributed by atoms with van der Waals surface area (Å²) in [6.45, 7) is 2.41. The lowest BCUT2D eigenvalue weighted by molar-refractivity contribution is 0.195. The predicted molar refractivity (Wildman–Crippen MR) is 118 cm³/mol. The minimum absolute atomic E-state index is 0.423. The number of amides is 1. The minimum Gasteiger partial charge on any atom is -0.465 e. The van der Waals surface area contributed by atoms with Crippen molar-refractivity contribution in [1.29, 1.82) is 0 Å². The number of nitrogens with one attached hydrogen (secondary N) is 2. The molecule has 152 valence electrons. The number of pyridine rings is 1. The average molecular weight is 430 g/mol. The van der Waals surface area contributed by atoms with Gasteiger partial charge in [-0.2, -0.15) is 0 Å². The van der Waals surface area contributed by atoms with Gasteiger partial charge in [-0.25, -0.2) is 4.79 Å². The molecule has 4 rings (SSSR count). The van der Waals surface area contributed by atoms with Gasteiger partial charge < -0.3 is 15.7 Å². The molecule has 1 aliphatic carbocycles. The molecule has 2 aliphatic rings. The van der Waals surface area contributed by atoms with Crippen LogP contribution in [0.4, 0.5) is 4.79 Å². The Morgan fingerprint density at radius 2 is 2.03 bits per heavy atom. The van der Waals surface area contributed by atoms with Crippen LogP contribution in [0.1, 0.15) is 35.2 Å². The normalized spacial score (nSPS) is 16.0. The zero-order valence-electron chi connectivity index (χ0n) is 16.1. The highest BCUT2D eigenvalue weighted by Gasteiger charge is 2.25. The van der Waals surface area contributed by atoms with Crippen molar-refractivity contribution in [3.8, 4) is 0 Å². The molecule has 1 aliphatic heterocycles. The maximum absolute atomic E-state index is 10.7. The number of piperidine rings is 1. The fourth-order valence-electron chi connectivity index (χ4n) is 4.12. The average Bonchev–Trinajstić information content (AvgIpc) is 2.88. The van der Waals surface area contributed by atoms with E-state index in [4.69, 9.17) is 21.7 Å². The quantitative estimate of drug-likeness (QED) is 0.496. The number of aryl methyl sites for hydroxylation is 1. The third-order valence-corrected chi connectivity index (χ3v) is 6.76. The number of thioether (sulfide) groups is 1. The van der Waals surface area contributed by atoms with Crippen LogP contribution in [0.15, 0.2) is 40.9 Å². The summed E-state index contributed by atoms with van der Waals surface area (Å²) < 4.78 is 0. The van der Waals surface area contributed by atoms with Gasteiger partial charge in [0.1, 0.15) is 0 Å². The Hall–Kier alpha value is -2.02. The fourth-order valence-corrected chi connectivity index (χ4v) is 5.27. The second-order valence-electron chi connectivity index (χ2n) is 7.25. The molecule has 2 aromatic rings. The number of rotatable bonds is 4. The van der Waals surface area contributed by atoms with Crippen LogP contribution < -0.4 is 10.6 Å². The number of aromatic nitrogens is 1. The Kier molecular flexibility index (Phi) is 6.43. The van der Waals surface area contributed by atoms with Crippen LogP contribution in [0.25, 0.3) is 5.57 Å². The molecule has 1 aromatic heterocycles. The molecule has 1 fully saturated rings. The van der Waals surface area contributed by atoms with E-state index in [1.165, 1.54) is 32.7 Å². The summed E-state index contributed by atoms with van der Waals surface area (Å²) in [4.78, 5) is 16.7. The summed E-state index contributed by atoms with van der Waals surface area (Å²) in [6, 6.07) is 8.27. The van der Waals surface area contributed by atoms with E-state index < -0.39 is 6.09 Å². The van der Waals surface area contributed by atoms with Crippen molar-refractivity contribution in [2.75, 3.05) is 25.4 Å². The molecule has 0 atom stereocenters. The van der Waals surface area contributed by atoms with Crippen molar-refractivity contribution < 1.29 is 9.90 Å². The Balaban J connectivity index is 1.76. The molecule has 0 unspecified atom stereocenters. The Morgan fingerprint density at radius 3 is 2.83 bits per heavy atom. The van der Waals surface area contributed by atoms with Gasteiger partial charge in [-0.1, -0.05) is 23.2 Å². The molecule has 3 N–H and O–H groups in total. The molecule has 0 saturated carbocycles. The van der Waals surface area contributed by atoms with Gasteiger partial charge in [0, 0.05) is 34.0 Å². The van der Waals surface area contributed by atoms with Gasteiger partial charge in [0.2, 0.25) is 0 Å². The van der Waals surface area contributed by atoms with E-state index in [0.717, 1.165) is 49.5 Å². The highest BCUT2D eigenvalue weighted by molar-refractivity contribution is 7.99. The van der Waals surface area contributed by atoms with Crippen molar-refractivity contribution in [2.45, 2.75) is 30.6 Å². The molecule has 0 bridgehead atoms. The van der Waals surface area contributed by atoms with Gasteiger partial charge in [-0.05, 0) is 73.7 Å². The van der Waals surface area contributed by atoms with E-state index in [1.807, 2.05) is 12.3 Å². The second kappa shape index (κ2) is 9.20. The van der Waals surface area contributed by atoms with E-state index >= 15 is 0 Å². The number of fused-ring (bicyclic) bond motifs is 2. The van der Waals surface area contributed by atoms with E-state index in [0.29, 0.717) is 12.3 Å². The van der Waals surface area contributed by atoms with Crippen molar-refractivity contribution >= 4 is 35.0 Å². The summed E-state index contributed by atoms with van der Waals surface area (Å²) in [5.74, 6) is 0.692. The van der Waals surface area contributed by atoms with Gasteiger partial charge in [-0.3, -0.25) is 4.98 Å². The summed E-state index contributed by atoms with van der Waals surface area (Å²) in [7, 11) is 0. The van der Waals surface area contributed by atoms with Gasteiger partial charge in [0.25, 0.3) is 0 Å². The second-order valence-corrected chi connectivity index (χ2v) is 8.82. The molecule has 0 radical (unpaired) electrons. The van der Waals surface area contributed by atoms with Crippen molar-refractivity contribution in [1.82, 2.24) is 15.6 Å². The number of hydrogen-bond acceptors (Lipinski definition) is 4. The number of carboxylic acid groups (broad SMARTS) is 1. The lowest BCUT2D eigenvalue weighted by Crippen LogP contribution is -2.24. The monoisotopic (exact) mass is 429 g/mol. The molecule has 1 saturated heterocycles. The molecule has 0 spiro atoms. The number of benzene rings is 1. The molecule has 29 heavy (non-hydrogen) atoms. The molecular weight excluding hydrogens is 406 g/mol. The van der Waals surface area contributed by atoms with Crippen molar-refractivity contribution in [3.63, 3.8) is 0 Å². The minimum atomic E-state index is -0.982. The summed E-state index contributed by atoms with van der Waals surface area (Å²) in [6.07, 6.45) is 4.78. The number of hydrogen-bond donors (Lipinski definition) is 3. The first-order chi connectivity index (χ1) is 14.1. The number of halogens is 1. The van der Waals surface area contributed by atoms with Gasteiger partial charge in [0.15, 0.2) is 0 Å². The van der Waals surface area contributed by atoms with E-state index in [9.17, 15) is 4.79 Å². The summed E-state index contributed by atoms with van der Waals surface area (Å²) in [5.41, 5.74) is 7.61. The van der Waals surface area contributed by atoms with Crippen LogP contribution in [-0.2, 0) is 12.8 Å². The third kappa shape index (κ3) is 4.60. The van der Waals surface area contributed by atoms with Crippen LogP contribution >= 0.6 is 23.4 Å². The molecule has 7 heteroatoms. The maximum Gasteiger partial charge on any atom is 0.404 e. The Labute approximate surface area is 180 Å². The summed E-state index contributed by atoms with van der Waals surface area (Å²) in [5, 5.41) is 15.4. The van der Waals surface area contributed by atoms with E-state index in [1.54, 1.807) is 11.8 Å². The maximum atomic E-state index is 10.7. The first-order valence-electron chi connectivity index (χ1n) is 9.93. The molecule has 1 aromatic carbocycles. The van der Waals surface area contributed by atoms with Crippen molar-refractivity contribution in [2.24, 2.45) is 0 Å². The van der Waals surface area contributed by atoms with Gasteiger partial charge in [0.05, 0.1) is 5.69 Å². The van der Waals surface area contributed by atoms with Crippen LogP contribution in [0.2, 0.25) is 5.02 Å². The topological polar surface area (TPSA) is 74.2 Å². The van der Waals surface area contributed by atoms with Crippen LogP contribution in [-0.4, -0.2) is 41.6 Å². The van der Waals surface area contributed by atoms with E-state index in [-0.39, 0.29) is 0 Å². The predicted octanol–water partition coefficient (Wildman–Crippen LogP) is 4.38. The van der Waals surface area contributed by atoms with Crippen LogP contribution in [0.5, 0.6) is 0 Å².